The van der Waals surface area contributed by atoms with Crippen LogP contribution in [0.15, 0.2) is 53.4 Å². The van der Waals surface area contributed by atoms with Gasteiger partial charge in [0, 0.05) is 18.5 Å². The number of nitrogens with zero attached hydrogens (tertiary/aromatic N) is 4. The van der Waals surface area contributed by atoms with Crippen molar-refractivity contribution >= 4 is 12.2 Å². The summed E-state index contributed by atoms with van der Waals surface area (Å²) in [5, 5.41) is 3.86. The van der Waals surface area contributed by atoms with E-state index in [2.05, 4.69) is 20.1 Å². The van der Waals surface area contributed by atoms with Crippen LogP contribution in [0.3, 0.4) is 0 Å². The van der Waals surface area contributed by atoms with Crippen LogP contribution in [0.5, 0.6) is 0 Å². The van der Waals surface area contributed by atoms with Crippen LogP contribution in [-0.2, 0) is 0 Å². The molecule has 19 heavy (non-hydrogen) atoms. The maximum absolute atomic E-state index is 5.13. The van der Waals surface area contributed by atoms with Gasteiger partial charge in [-0.15, -0.1) is 0 Å². The Labute approximate surface area is 109 Å². The molecule has 0 atom stereocenters. The lowest BCUT2D eigenvalue weighted by atomic mass is 10.2. The van der Waals surface area contributed by atoms with Gasteiger partial charge in [-0.1, -0.05) is 35.5 Å². The van der Waals surface area contributed by atoms with Crippen LogP contribution in [0.2, 0.25) is 0 Å². The molecule has 0 N–H and O–H groups in total. The molecule has 5 heteroatoms. The fourth-order valence-electron chi connectivity index (χ4n) is 1.55. The summed E-state index contributed by atoms with van der Waals surface area (Å²) in [5.74, 6) is 0.866. The molecule has 5 nitrogen and oxygen atoms in total. The first-order chi connectivity index (χ1) is 9.42. The Hall–Kier alpha value is -2.82. The normalized spacial score (nSPS) is 10.9. The van der Waals surface area contributed by atoms with Crippen LogP contribution < -0.4 is 0 Å². The van der Waals surface area contributed by atoms with E-state index in [0.29, 0.717) is 17.4 Å². The first-order valence-electron chi connectivity index (χ1n) is 5.75. The number of benzene rings is 1. The minimum atomic E-state index is 0.431. The fraction of sp³-hybridized carbons (Fsp3) is 0. The lowest BCUT2D eigenvalue weighted by molar-refractivity contribution is 0.411. The van der Waals surface area contributed by atoms with Crippen LogP contribution in [0, 0.1) is 0 Å². The molecule has 3 rings (SSSR count). The van der Waals surface area contributed by atoms with Gasteiger partial charge >= 0.3 is 0 Å². The van der Waals surface area contributed by atoms with Gasteiger partial charge in [-0.05, 0) is 11.6 Å². The molecule has 3 aromatic rings. The van der Waals surface area contributed by atoms with Crippen LogP contribution in [-0.4, -0.2) is 20.1 Å². The van der Waals surface area contributed by atoms with Gasteiger partial charge in [-0.25, -0.2) is 4.98 Å². The molecule has 0 unspecified atom stereocenters. The third-order valence-corrected chi connectivity index (χ3v) is 2.45. The van der Waals surface area contributed by atoms with Crippen molar-refractivity contribution in [2.75, 3.05) is 0 Å². The summed E-state index contributed by atoms with van der Waals surface area (Å²) in [7, 11) is 0. The maximum atomic E-state index is 5.13. The Morgan fingerprint density at radius 1 is 1.00 bits per heavy atom. The summed E-state index contributed by atoms with van der Waals surface area (Å²) < 4.78 is 5.13. The number of hydrogen-bond acceptors (Lipinski definition) is 5. The van der Waals surface area contributed by atoms with Gasteiger partial charge in [0.25, 0.3) is 5.89 Å². The van der Waals surface area contributed by atoms with E-state index in [1.54, 1.807) is 24.7 Å². The second-order valence-corrected chi connectivity index (χ2v) is 3.79. The van der Waals surface area contributed by atoms with Crippen molar-refractivity contribution in [3.63, 3.8) is 0 Å². The third-order valence-electron chi connectivity index (χ3n) is 2.45. The molecule has 0 spiro atoms. The zero-order chi connectivity index (χ0) is 12.9. The molecule has 92 valence electrons. The Kier molecular flexibility index (Phi) is 3.10. The van der Waals surface area contributed by atoms with Crippen LogP contribution in [0.25, 0.3) is 23.7 Å². The largest absolute Gasteiger partial charge is 0.334 e. The van der Waals surface area contributed by atoms with Gasteiger partial charge in [0.05, 0.1) is 6.20 Å². The van der Waals surface area contributed by atoms with Gasteiger partial charge in [0.15, 0.2) is 0 Å². The standard InChI is InChI=1S/C14H10N4O/c1-2-4-11(5-3-1)6-7-13-17-14(18-19-13)12-10-15-8-9-16-12/h1-10H. The van der Waals surface area contributed by atoms with Gasteiger partial charge in [-0.2, -0.15) is 4.98 Å². The smallest absolute Gasteiger partial charge is 0.251 e. The molecule has 0 saturated heterocycles. The molecule has 0 aliphatic heterocycles. The minimum absolute atomic E-state index is 0.431. The monoisotopic (exact) mass is 250 g/mol. The molecule has 0 fully saturated rings. The average molecular weight is 250 g/mol. The molecular weight excluding hydrogens is 240 g/mol. The lowest BCUT2D eigenvalue weighted by Crippen LogP contribution is -1.85. The Morgan fingerprint density at radius 3 is 2.68 bits per heavy atom. The van der Waals surface area contributed by atoms with Gasteiger partial charge in [0.2, 0.25) is 5.82 Å². The quantitative estimate of drug-likeness (QED) is 0.715. The highest BCUT2D eigenvalue weighted by Gasteiger charge is 2.07. The highest BCUT2D eigenvalue weighted by Crippen LogP contribution is 2.12. The third kappa shape index (κ3) is 2.71. The van der Waals surface area contributed by atoms with Crippen LogP contribution in [0.4, 0.5) is 0 Å². The first kappa shape index (κ1) is 11.3. The van der Waals surface area contributed by atoms with E-state index in [4.69, 9.17) is 4.52 Å². The highest BCUT2D eigenvalue weighted by molar-refractivity contribution is 5.66. The summed E-state index contributed by atoms with van der Waals surface area (Å²) in [4.78, 5) is 12.3. The van der Waals surface area contributed by atoms with Crippen molar-refractivity contribution in [2.24, 2.45) is 0 Å². The summed E-state index contributed by atoms with van der Waals surface area (Å²) in [6.45, 7) is 0. The van der Waals surface area contributed by atoms with Crippen LogP contribution in [0.1, 0.15) is 11.5 Å². The van der Waals surface area contributed by atoms with E-state index in [9.17, 15) is 0 Å². The zero-order valence-electron chi connectivity index (χ0n) is 9.97. The Bertz CT molecular complexity index is 677. The second-order valence-electron chi connectivity index (χ2n) is 3.79. The van der Waals surface area contributed by atoms with Crippen molar-refractivity contribution in [3.8, 4) is 11.5 Å². The Balaban J connectivity index is 1.81. The molecule has 1 aromatic carbocycles. The molecule has 0 radical (unpaired) electrons. The van der Waals surface area contributed by atoms with Gasteiger partial charge in [0.1, 0.15) is 5.69 Å². The molecule has 0 saturated carbocycles. The van der Waals surface area contributed by atoms with E-state index in [1.807, 2.05) is 36.4 Å². The molecular formula is C14H10N4O. The van der Waals surface area contributed by atoms with Gasteiger partial charge in [-0.3, -0.25) is 4.98 Å². The van der Waals surface area contributed by atoms with E-state index in [-0.39, 0.29) is 0 Å². The van der Waals surface area contributed by atoms with E-state index in [0.717, 1.165) is 5.56 Å². The van der Waals surface area contributed by atoms with Crippen molar-refractivity contribution in [1.29, 1.82) is 0 Å². The Morgan fingerprint density at radius 2 is 1.89 bits per heavy atom. The van der Waals surface area contributed by atoms with Crippen molar-refractivity contribution in [3.05, 3.63) is 60.4 Å². The summed E-state index contributed by atoms with van der Waals surface area (Å²) in [6.07, 6.45) is 8.46. The molecule has 0 aliphatic carbocycles. The number of rotatable bonds is 3. The fourth-order valence-corrected chi connectivity index (χ4v) is 1.55. The van der Waals surface area contributed by atoms with E-state index >= 15 is 0 Å². The van der Waals surface area contributed by atoms with E-state index < -0.39 is 0 Å². The summed E-state index contributed by atoms with van der Waals surface area (Å²) in [5.41, 5.74) is 1.66. The number of hydrogen-bond donors (Lipinski definition) is 0. The van der Waals surface area contributed by atoms with Crippen molar-refractivity contribution in [2.45, 2.75) is 0 Å². The molecule has 2 heterocycles. The topological polar surface area (TPSA) is 64.7 Å². The molecule has 2 aromatic heterocycles. The highest BCUT2D eigenvalue weighted by atomic mass is 16.5. The van der Waals surface area contributed by atoms with Crippen molar-refractivity contribution < 1.29 is 4.52 Å². The van der Waals surface area contributed by atoms with Gasteiger partial charge < -0.3 is 4.52 Å². The van der Waals surface area contributed by atoms with E-state index in [1.165, 1.54) is 0 Å². The first-order valence-corrected chi connectivity index (χ1v) is 5.75. The number of aromatic nitrogens is 4. The molecule has 0 bridgehead atoms. The van der Waals surface area contributed by atoms with Crippen LogP contribution >= 0.6 is 0 Å². The lowest BCUT2D eigenvalue weighted by Gasteiger charge is -1.89. The SMILES string of the molecule is C(=Cc1nc(-c2cnccn2)no1)c1ccccc1. The summed E-state index contributed by atoms with van der Waals surface area (Å²) >= 11 is 0. The minimum Gasteiger partial charge on any atom is -0.334 e. The summed E-state index contributed by atoms with van der Waals surface area (Å²) in [6, 6.07) is 9.90. The maximum Gasteiger partial charge on any atom is 0.251 e. The predicted molar refractivity (Wildman–Crippen MR) is 70.7 cm³/mol. The predicted octanol–water partition coefficient (Wildman–Crippen LogP) is 2.70. The average Bonchev–Trinajstić information content (AvgIpc) is 2.96. The molecule has 0 amide bonds. The second kappa shape index (κ2) is 5.22. The zero-order valence-corrected chi connectivity index (χ0v) is 9.97. The van der Waals surface area contributed by atoms with Crippen molar-refractivity contribution in [1.82, 2.24) is 20.1 Å². The molecule has 0 aliphatic rings.